The lowest BCUT2D eigenvalue weighted by molar-refractivity contribution is 0.415. The summed E-state index contributed by atoms with van der Waals surface area (Å²) in [6, 6.07) is 9.67. The van der Waals surface area contributed by atoms with Crippen molar-refractivity contribution in [2.45, 2.75) is 6.92 Å². The van der Waals surface area contributed by atoms with Gasteiger partial charge in [-0.2, -0.15) is 0 Å². The van der Waals surface area contributed by atoms with Crippen LogP contribution in [0.3, 0.4) is 0 Å². The molecular weight excluding hydrogens is 298 g/mol. The number of hydrogen-bond donors (Lipinski definition) is 1. The van der Waals surface area contributed by atoms with Crippen LogP contribution in [0.15, 0.2) is 36.5 Å². The quantitative estimate of drug-likeness (QED) is 0.782. The molecule has 2 aromatic heterocycles. The summed E-state index contributed by atoms with van der Waals surface area (Å²) in [5.74, 6) is 1.44. The first-order valence-corrected chi connectivity index (χ1v) is 7.30. The number of nitrogens with one attached hydrogen (secondary N) is 1. The Labute approximate surface area is 134 Å². The van der Waals surface area contributed by atoms with Gasteiger partial charge in [0, 0.05) is 35.3 Å². The third kappa shape index (κ3) is 2.46. The number of benzene rings is 1. The van der Waals surface area contributed by atoms with Gasteiger partial charge >= 0.3 is 0 Å². The molecule has 3 rings (SSSR count). The summed E-state index contributed by atoms with van der Waals surface area (Å²) >= 11 is 6.41. The second-order valence-corrected chi connectivity index (χ2v) is 5.35. The molecule has 112 valence electrons. The molecule has 4 nitrogen and oxygen atoms in total. The SMILES string of the molecule is CNc1nc(-c2cccc(OC)c2Cl)cc2cnc(C)cc12. The summed E-state index contributed by atoms with van der Waals surface area (Å²) in [7, 11) is 3.46. The summed E-state index contributed by atoms with van der Waals surface area (Å²) < 4.78 is 5.28. The molecule has 5 heteroatoms. The van der Waals surface area contributed by atoms with Gasteiger partial charge in [-0.25, -0.2) is 4.98 Å². The number of aryl methyl sites for hydroxylation is 1. The van der Waals surface area contributed by atoms with Gasteiger partial charge in [0.15, 0.2) is 0 Å². The van der Waals surface area contributed by atoms with E-state index in [1.807, 2.05) is 50.5 Å². The molecule has 0 unspecified atom stereocenters. The first-order valence-electron chi connectivity index (χ1n) is 6.92. The molecule has 2 heterocycles. The van der Waals surface area contributed by atoms with Crippen LogP contribution in [0.5, 0.6) is 5.75 Å². The normalized spacial score (nSPS) is 10.7. The predicted octanol–water partition coefficient (Wildman–Crippen LogP) is 4.31. The van der Waals surface area contributed by atoms with Crippen molar-refractivity contribution in [3.8, 4) is 17.0 Å². The van der Waals surface area contributed by atoms with Gasteiger partial charge in [0.1, 0.15) is 11.6 Å². The minimum absolute atomic E-state index is 0.555. The van der Waals surface area contributed by atoms with Gasteiger partial charge in [-0.05, 0) is 25.1 Å². The van der Waals surface area contributed by atoms with E-state index in [0.717, 1.165) is 33.5 Å². The van der Waals surface area contributed by atoms with Crippen molar-refractivity contribution in [2.24, 2.45) is 0 Å². The van der Waals surface area contributed by atoms with Gasteiger partial charge in [0.05, 0.1) is 17.8 Å². The molecular formula is C17H16ClN3O. The highest BCUT2D eigenvalue weighted by atomic mass is 35.5. The van der Waals surface area contributed by atoms with Crippen LogP contribution in [0.1, 0.15) is 5.69 Å². The van der Waals surface area contributed by atoms with E-state index in [2.05, 4.69) is 15.3 Å². The number of ether oxygens (including phenoxy) is 1. The molecule has 22 heavy (non-hydrogen) atoms. The minimum atomic E-state index is 0.555. The zero-order valence-corrected chi connectivity index (χ0v) is 13.4. The number of halogens is 1. The van der Waals surface area contributed by atoms with Crippen molar-refractivity contribution in [2.75, 3.05) is 19.5 Å². The van der Waals surface area contributed by atoms with E-state index in [-0.39, 0.29) is 0 Å². The number of anilines is 1. The summed E-state index contributed by atoms with van der Waals surface area (Å²) in [6.07, 6.45) is 1.85. The number of fused-ring (bicyclic) bond motifs is 1. The first-order chi connectivity index (χ1) is 10.6. The third-order valence-corrected chi connectivity index (χ3v) is 3.94. The Balaban J connectivity index is 2.26. The van der Waals surface area contributed by atoms with Crippen LogP contribution >= 0.6 is 11.6 Å². The predicted molar refractivity (Wildman–Crippen MR) is 90.8 cm³/mol. The molecule has 0 aliphatic heterocycles. The van der Waals surface area contributed by atoms with E-state index in [0.29, 0.717) is 10.8 Å². The highest BCUT2D eigenvalue weighted by Gasteiger charge is 2.13. The molecule has 0 spiro atoms. The molecule has 0 fully saturated rings. The van der Waals surface area contributed by atoms with Gasteiger partial charge in [0.25, 0.3) is 0 Å². The highest BCUT2D eigenvalue weighted by Crippen LogP contribution is 2.36. The van der Waals surface area contributed by atoms with Gasteiger partial charge in [-0.3, -0.25) is 4.98 Å². The molecule has 0 atom stereocenters. The van der Waals surface area contributed by atoms with Crippen molar-refractivity contribution >= 4 is 28.2 Å². The molecule has 1 N–H and O–H groups in total. The van der Waals surface area contributed by atoms with Crippen LogP contribution in [-0.2, 0) is 0 Å². The van der Waals surface area contributed by atoms with Gasteiger partial charge < -0.3 is 10.1 Å². The van der Waals surface area contributed by atoms with Gasteiger partial charge in [0.2, 0.25) is 0 Å². The Morgan fingerprint density at radius 3 is 2.77 bits per heavy atom. The van der Waals surface area contributed by atoms with Gasteiger partial charge in [-0.1, -0.05) is 23.7 Å². The maximum Gasteiger partial charge on any atom is 0.138 e. The number of pyridine rings is 2. The van der Waals surface area contributed by atoms with Crippen LogP contribution in [0.2, 0.25) is 5.02 Å². The summed E-state index contributed by atoms with van der Waals surface area (Å²) in [5, 5.41) is 5.75. The Bertz CT molecular complexity index is 849. The highest BCUT2D eigenvalue weighted by molar-refractivity contribution is 6.34. The number of hydrogen-bond acceptors (Lipinski definition) is 4. The minimum Gasteiger partial charge on any atom is -0.495 e. The summed E-state index contributed by atoms with van der Waals surface area (Å²) in [4.78, 5) is 9.05. The van der Waals surface area contributed by atoms with E-state index < -0.39 is 0 Å². The summed E-state index contributed by atoms with van der Waals surface area (Å²) in [5.41, 5.74) is 2.57. The Morgan fingerprint density at radius 1 is 1.23 bits per heavy atom. The van der Waals surface area contributed by atoms with Crippen LogP contribution in [-0.4, -0.2) is 24.1 Å². The molecule has 0 amide bonds. The fraction of sp³-hybridized carbons (Fsp3) is 0.176. The average molecular weight is 314 g/mol. The fourth-order valence-corrected chi connectivity index (χ4v) is 2.75. The Kier molecular flexibility index (Phi) is 3.86. The number of methoxy groups -OCH3 is 1. The van der Waals surface area contributed by atoms with E-state index in [1.165, 1.54) is 0 Å². The Hall–Kier alpha value is -2.33. The van der Waals surface area contributed by atoms with Crippen molar-refractivity contribution in [1.82, 2.24) is 9.97 Å². The molecule has 0 aliphatic carbocycles. The van der Waals surface area contributed by atoms with E-state index >= 15 is 0 Å². The second-order valence-electron chi connectivity index (χ2n) is 4.97. The largest absolute Gasteiger partial charge is 0.495 e. The van der Waals surface area contributed by atoms with Crippen molar-refractivity contribution < 1.29 is 4.74 Å². The average Bonchev–Trinajstić information content (AvgIpc) is 2.54. The topological polar surface area (TPSA) is 47.0 Å². The lowest BCUT2D eigenvalue weighted by atomic mass is 10.1. The molecule has 0 saturated heterocycles. The lowest BCUT2D eigenvalue weighted by Crippen LogP contribution is -1.97. The molecule has 0 radical (unpaired) electrons. The van der Waals surface area contributed by atoms with Crippen molar-refractivity contribution in [3.05, 3.63) is 47.2 Å². The van der Waals surface area contributed by atoms with E-state index in [9.17, 15) is 0 Å². The van der Waals surface area contributed by atoms with Crippen LogP contribution in [0.4, 0.5) is 5.82 Å². The van der Waals surface area contributed by atoms with E-state index in [4.69, 9.17) is 16.3 Å². The molecule has 0 aliphatic rings. The smallest absolute Gasteiger partial charge is 0.138 e. The fourth-order valence-electron chi connectivity index (χ4n) is 2.45. The molecule has 3 aromatic rings. The number of nitrogens with zero attached hydrogens (tertiary/aromatic N) is 2. The monoisotopic (exact) mass is 313 g/mol. The zero-order valence-electron chi connectivity index (χ0n) is 12.6. The number of aromatic nitrogens is 2. The third-order valence-electron chi connectivity index (χ3n) is 3.55. The second kappa shape index (κ2) is 5.81. The maximum absolute atomic E-state index is 6.41. The van der Waals surface area contributed by atoms with Gasteiger partial charge in [-0.15, -0.1) is 0 Å². The van der Waals surface area contributed by atoms with Crippen LogP contribution in [0.25, 0.3) is 22.0 Å². The summed E-state index contributed by atoms with van der Waals surface area (Å²) in [6.45, 7) is 1.96. The van der Waals surface area contributed by atoms with Crippen molar-refractivity contribution in [1.29, 1.82) is 0 Å². The van der Waals surface area contributed by atoms with Crippen LogP contribution in [0, 0.1) is 6.92 Å². The zero-order chi connectivity index (χ0) is 15.7. The maximum atomic E-state index is 6.41. The Morgan fingerprint density at radius 2 is 2.05 bits per heavy atom. The van der Waals surface area contributed by atoms with Crippen molar-refractivity contribution in [3.63, 3.8) is 0 Å². The number of rotatable bonds is 3. The molecule has 0 bridgehead atoms. The molecule has 0 saturated carbocycles. The lowest BCUT2D eigenvalue weighted by Gasteiger charge is -2.12. The van der Waals surface area contributed by atoms with Crippen LogP contribution < -0.4 is 10.1 Å². The standard InChI is InChI=1S/C17H16ClN3O/c1-10-7-13-11(9-20-10)8-14(21-17(13)19-2)12-5-4-6-15(22-3)16(12)18/h4-9H,1-3H3,(H,19,21). The first kappa shape index (κ1) is 14.6. The van der Waals surface area contributed by atoms with E-state index in [1.54, 1.807) is 7.11 Å². The molecule has 1 aromatic carbocycles.